The van der Waals surface area contributed by atoms with Gasteiger partial charge in [0.25, 0.3) is 5.91 Å². The van der Waals surface area contributed by atoms with Gasteiger partial charge in [-0.2, -0.15) is 10.5 Å². The van der Waals surface area contributed by atoms with Crippen molar-refractivity contribution < 1.29 is 9.47 Å². The average molecular weight is 343 g/mol. The van der Waals surface area contributed by atoms with Crippen molar-refractivity contribution in [1.29, 1.82) is 10.5 Å². The van der Waals surface area contributed by atoms with Gasteiger partial charge in [-0.05, 0) is 24.6 Å². The van der Waals surface area contributed by atoms with E-state index in [4.69, 9.17) is 26.8 Å². The number of nitrogens with zero attached hydrogens (tertiary/aromatic N) is 3. The molecule has 0 bridgehead atoms. The quantitative estimate of drug-likeness (QED) is 0.841. The van der Waals surface area contributed by atoms with Gasteiger partial charge in [-0.1, -0.05) is 30.7 Å². The van der Waals surface area contributed by atoms with Gasteiger partial charge in [-0.15, -0.1) is 0 Å². The Hall–Kier alpha value is -2.12. The number of aliphatic imine (C=N–C) groups is 1. The first-order valence-corrected chi connectivity index (χ1v) is 7.99. The second-order valence-electron chi connectivity index (χ2n) is 6.67. The van der Waals surface area contributed by atoms with Crippen LogP contribution in [0.1, 0.15) is 19.4 Å². The topological polar surface area (TPSA) is 104 Å². The lowest BCUT2D eigenvalue weighted by Crippen LogP contribution is -2.42. The molecular weight excluding hydrogens is 328 g/mol. The van der Waals surface area contributed by atoms with E-state index in [0.29, 0.717) is 11.6 Å². The summed E-state index contributed by atoms with van der Waals surface area (Å²) in [6, 6.07) is 11.6. The molecule has 0 radical (unpaired) electrons. The Morgan fingerprint density at radius 2 is 1.96 bits per heavy atom. The van der Waals surface area contributed by atoms with Crippen molar-refractivity contribution >= 4 is 17.4 Å². The van der Waals surface area contributed by atoms with Crippen LogP contribution in [-0.4, -0.2) is 24.5 Å². The van der Waals surface area contributed by atoms with Crippen LogP contribution in [0.2, 0.25) is 5.02 Å². The van der Waals surface area contributed by atoms with E-state index in [2.05, 4.69) is 17.1 Å². The number of rotatable bonds is 1. The number of hydrogen-bond donors (Lipinski definition) is 1. The van der Waals surface area contributed by atoms with Crippen LogP contribution in [-0.2, 0) is 14.9 Å². The maximum absolute atomic E-state index is 10.1. The van der Waals surface area contributed by atoms with Crippen molar-refractivity contribution in [3.05, 3.63) is 34.9 Å². The fourth-order valence-electron chi connectivity index (χ4n) is 4.61. The number of amidine groups is 1. The van der Waals surface area contributed by atoms with E-state index in [1.807, 2.05) is 13.8 Å². The minimum Gasteiger partial charge on any atom is -0.386 e. The summed E-state index contributed by atoms with van der Waals surface area (Å²) in [7, 11) is 0. The molecule has 2 fully saturated rings. The Balaban J connectivity index is 1.98. The highest BCUT2D eigenvalue weighted by molar-refractivity contribution is 6.30. The molecular formula is C17H15ClN4O2. The highest BCUT2D eigenvalue weighted by Crippen LogP contribution is 2.85. The minimum atomic E-state index is -1.55. The Kier molecular flexibility index (Phi) is 2.75. The highest BCUT2D eigenvalue weighted by atomic mass is 35.5. The van der Waals surface area contributed by atoms with Crippen molar-refractivity contribution in [2.75, 3.05) is 6.61 Å². The molecule has 4 rings (SSSR count). The summed E-state index contributed by atoms with van der Waals surface area (Å²) in [5.41, 5.74) is 3.38. The van der Waals surface area contributed by atoms with Gasteiger partial charge in [0.2, 0.25) is 0 Å². The maximum Gasteiger partial charge on any atom is 0.294 e. The minimum absolute atomic E-state index is 0.0816. The predicted octanol–water partition coefficient (Wildman–Crippen LogP) is 2.09. The summed E-state index contributed by atoms with van der Waals surface area (Å²) < 4.78 is 11.7. The lowest BCUT2D eigenvalue weighted by molar-refractivity contribution is -0.196. The summed E-state index contributed by atoms with van der Waals surface area (Å²) >= 11 is 5.98. The summed E-state index contributed by atoms with van der Waals surface area (Å²) in [5, 5.41) is 20.7. The molecule has 122 valence electrons. The van der Waals surface area contributed by atoms with Crippen LogP contribution in [0.3, 0.4) is 0 Å². The highest BCUT2D eigenvalue weighted by Gasteiger charge is 3.00. The van der Waals surface area contributed by atoms with Crippen molar-refractivity contribution in [2.24, 2.45) is 21.6 Å². The molecule has 1 saturated heterocycles. The van der Waals surface area contributed by atoms with Crippen molar-refractivity contribution in [2.45, 2.75) is 31.3 Å². The molecule has 3 aliphatic rings. The fourth-order valence-corrected chi connectivity index (χ4v) is 4.73. The molecule has 1 saturated carbocycles. The zero-order valence-corrected chi connectivity index (χ0v) is 14.0. The van der Waals surface area contributed by atoms with E-state index >= 15 is 0 Å². The van der Waals surface area contributed by atoms with Gasteiger partial charge in [-0.25, -0.2) is 4.99 Å². The fraction of sp³-hybridized carbons (Fsp3) is 0.471. The van der Waals surface area contributed by atoms with Gasteiger partial charge in [0.1, 0.15) is 5.84 Å². The van der Waals surface area contributed by atoms with E-state index in [-0.39, 0.29) is 11.9 Å². The van der Waals surface area contributed by atoms with Gasteiger partial charge >= 0.3 is 0 Å². The molecule has 1 aliphatic carbocycles. The summed E-state index contributed by atoms with van der Waals surface area (Å²) in [5.74, 6) is -1.46. The number of nitriles is 2. The van der Waals surface area contributed by atoms with Crippen molar-refractivity contribution in [1.82, 2.24) is 0 Å². The molecule has 2 heterocycles. The van der Waals surface area contributed by atoms with E-state index in [9.17, 15) is 10.5 Å². The normalized spacial score (nSPS) is 45.4. The van der Waals surface area contributed by atoms with E-state index in [1.165, 1.54) is 0 Å². The maximum atomic E-state index is 10.1. The van der Waals surface area contributed by atoms with Crippen molar-refractivity contribution in [3.63, 3.8) is 0 Å². The third kappa shape index (κ3) is 1.23. The number of halogens is 1. The molecule has 7 heteroatoms. The molecule has 2 aliphatic heterocycles. The summed E-state index contributed by atoms with van der Waals surface area (Å²) in [6.45, 7) is 3.96. The SMILES string of the molecule is C[C@H]1CO[C@@]2(N=C(N)[C@@]3(C#N)[C@](C)(c4ccc(Cl)cc4)[C@@]23C#N)O1. The number of hydrogen-bond acceptors (Lipinski definition) is 6. The van der Waals surface area contributed by atoms with Crippen LogP contribution < -0.4 is 5.73 Å². The second kappa shape index (κ2) is 4.29. The molecule has 2 N–H and O–H groups in total. The molecule has 1 aromatic rings. The lowest BCUT2D eigenvalue weighted by atomic mass is 9.85. The first-order chi connectivity index (χ1) is 11.3. The molecule has 1 aromatic carbocycles. The Bertz CT molecular complexity index is 857. The Morgan fingerprint density at radius 1 is 1.29 bits per heavy atom. The molecule has 0 amide bonds. The molecule has 24 heavy (non-hydrogen) atoms. The summed E-state index contributed by atoms with van der Waals surface area (Å²) in [6.07, 6.45) is -0.240. The van der Waals surface area contributed by atoms with Crippen LogP contribution >= 0.6 is 11.6 Å². The number of nitrogens with two attached hydrogens (primary N) is 1. The molecule has 5 atom stereocenters. The largest absolute Gasteiger partial charge is 0.386 e. The van der Waals surface area contributed by atoms with Crippen LogP contribution in [0.15, 0.2) is 29.3 Å². The zero-order chi connectivity index (χ0) is 17.4. The predicted molar refractivity (Wildman–Crippen MR) is 85.7 cm³/mol. The van der Waals surface area contributed by atoms with Gasteiger partial charge in [0, 0.05) is 10.4 Å². The molecule has 1 spiro atoms. The zero-order valence-electron chi connectivity index (χ0n) is 13.2. The van der Waals surface area contributed by atoms with Crippen LogP contribution in [0.5, 0.6) is 0 Å². The third-order valence-electron chi connectivity index (χ3n) is 5.76. The smallest absolute Gasteiger partial charge is 0.294 e. The van der Waals surface area contributed by atoms with E-state index in [0.717, 1.165) is 5.56 Å². The molecule has 0 unspecified atom stereocenters. The van der Waals surface area contributed by atoms with Gasteiger partial charge in [-0.3, -0.25) is 0 Å². The number of ether oxygens (including phenoxy) is 2. The average Bonchev–Trinajstić information content (AvgIpc) is 2.75. The Morgan fingerprint density at radius 3 is 2.46 bits per heavy atom. The standard InChI is InChI=1S/C17H15ClN4O2/c1-10-7-23-17(24-10)16(9-20)14(2,11-3-5-12(18)6-4-11)15(16,8-19)13(21)22-17/h3-6,10H,7H2,1-2H3,(H2,21,22)/t10-,14-,15-,16+,17+/m0/s1. The number of benzene rings is 1. The van der Waals surface area contributed by atoms with Gasteiger partial charge < -0.3 is 15.2 Å². The third-order valence-corrected chi connectivity index (χ3v) is 6.01. The molecule has 0 aromatic heterocycles. The summed E-state index contributed by atoms with van der Waals surface area (Å²) in [4.78, 5) is 4.30. The van der Waals surface area contributed by atoms with Crippen molar-refractivity contribution in [3.8, 4) is 12.1 Å². The molecule has 6 nitrogen and oxygen atoms in total. The van der Waals surface area contributed by atoms with Gasteiger partial charge in [0.05, 0.1) is 24.8 Å². The van der Waals surface area contributed by atoms with E-state index in [1.54, 1.807) is 24.3 Å². The first kappa shape index (κ1) is 15.4. The monoisotopic (exact) mass is 342 g/mol. The first-order valence-electron chi connectivity index (χ1n) is 7.61. The van der Waals surface area contributed by atoms with Crippen LogP contribution in [0.25, 0.3) is 0 Å². The Labute approximate surface area is 144 Å². The van der Waals surface area contributed by atoms with Gasteiger partial charge in [0.15, 0.2) is 10.8 Å². The number of fused-ring (bicyclic) bond motifs is 2. The second-order valence-corrected chi connectivity index (χ2v) is 7.11. The lowest BCUT2D eigenvalue weighted by Gasteiger charge is -2.30. The van der Waals surface area contributed by atoms with E-state index < -0.39 is 22.2 Å². The van der Waals surface area contributed by atoms with Crippen LogP contribution in [0.4, 0.5) is 0 Å². The van der Waals surface area contributed by atoms with Crippen LogP contribution in [0, 0.1) is 33.5 Å².